The Morgan fingerprint density at radius 3 is 2.44 bits per heavy atom. The van der Waals surface area contributed by atoms with Gasteiger partial charge in [-0.15, -0.1) is 0 Å². The highest BCUT2D eigenvalue weighted by Gasteiger charge is 2.09. The molecule has 4 heteroatoms. The first-order chi connectivity index (χ1) is 13.0. The maximum Gasteiger partial charge on any atom is 0.306 e. The highest BCUT2D eigenvalue weighted by Crippen LogP contribution is 2.19. The molecule has 0 aliphatic carbocycles. The van der Waals surface area contributed by atoms with E-state index >= 15 is 0 Å². The molecule has 1 atom stereocenters. The molecule has 0 aromatic heterocycles. The minimum absolute atomic E-state index is 0.299. The van der Waals surface area contributed by atoms with Gasteiger partial charge in [0.05, 0.1) is 12.5 Å². The van der Waals surface area contributed by atoms with Gasteiger partial charge in [-0.05, 0) is 43.5 Å². The molecule has 1 rings (SSSR count). The van der Waals surface area contributed by atoms with Crippen molar-refractivity contribution < 1.29 is 14.6 Å². The third-order valence-electron chi connectivity index (χ3n) is 4.50. The summed E-state index contributed by atoms with van der Waals surface area (Å²) in [7, 11) is 0. The molecule has 156 valence electrons. The summed E-state index contributed by atoms with van der Waals surface area (Å²) in [5.74, 6) is -0.0618. The van der Waals surface area contributed by atoms with E-state index in [4.69, 9.17) is 9.84 Å². The second-order valence-corrected chi connectivity index (χ2v) is 6.92. The summed E-state index contributed by atoms with van der Waals surface area (Å²) in [6.45, 7) is 12.3. The lowest BCUT2D eigenvalue weighted by atomic mass is 10.1. The number of aliphatic carboxylic acids is 1. The molecule has 0 amide bonds. The Hall–Kier alpha value is -1.55. The zero-order valence-electron chi connectivity index (χ0n) is 18.1. The van der Waals surface area contributed by atoms with Gasteiger partial charge in [0.1, 0.15) is 5.75 Å². The lowest BCUT2D eigenvalue weighted by molar-refractivity contribution is -0.141. The van der Waals surface area contributed by atoms with Crippen LogP contribution in [0.25, 0.3) is 0 Å². The molecule has 0 bridgehead atoms. The van der Waals surface area contributed by atoms with Crippen LogP contribution in [-0.2, 0) is 11.3 Å². The highest BCUT2D eigenvalue weighted by atomic mass is 16.5. The van der Waals surface area contributed by atoms with Gasteiger partial charge in [-0.3, -0.25) is 4.79 Å². The first kappa shape index (κ1) is 25.4. The molecule has 1 aromatic rings. The second kappa shape index (κ2) is 16.6. The summed E-state index contributed by atoms with van der Waals surface area (Å²) < 4.78 is 5.90. The molecule has 0 aliphatic heterocycles. The van der Waals surface area contributed by atoms with E-state index in [2.05, 4.69) is 31.3 Å². The summed E-state index contributed by atoms with van der Waals surface area (Å²) in [4.78, 5) is 10.8. The van der Waals surface area contributed by atoms with E-state index in [0.29, 0.717) is 13.0 Å². The van der Waals surface area contributed by atoms with Crippen molar-refractivity contribution in [3.63, 3.8) is 0 Å². The zero-order chi connectivity index (χ0) is 20.5. The van der Waals surface area contributed by atoms with Crippen molar-refractivity contribution in [2.24, 2.45) is 5.92 Å². The van der Waals surface area contributed by atoms with Gasteiger partial charge >= 0.3 is 5.97 Å². The Morgan fingerprint density at radius 2 is 1.81 bits per heavy atom. The van der Waals surface area contributed by atoms with Crippen LogP contribution in [0.5, 0.6) is 5.75 Å². The number of unbranched alkanes of at least 4 members (excludes halogenated alkanes) is 5. The number of carboxylic acid groups (broad SMARTS) is 1. The topological polar surface area (TPSA) is 58.6 Å². The van der Waals surface area contributed by atoms with Crippen molar-refractivity contribution in [3.05, 3.63) is 29.3 Å². The van der Waals surface area contributed by atoms with E-state index in [1.165, 1.54) is 37.7 Å². The molecule has 0 spiro atoms. The van der Waals surface area contributed by atoms with Crippen molar-refractivity contribution in [3.8, 4) is 5.75 Å². The molecule has 0 fully saturated rings. The standard InChI is InChI=1S/C21H35NO3.C2H6/c1-4-5-6-7-8-9-14-25-20-11-10-19(15-18(20)3)16-22-13-12-17(2)21(23)24;1-2/h10-11,15,17,22H,4-9,12-14,16H2,1-3H3,(H,23,24);1-2H3. The smallest absolute Gasteiger partial charge is 0.306 e. The number of ether oxygens (including phenoxy) is 1. The van der Waals surface area contributed by atoms with Crippen LogP contribution in [0.3, 0.4) is 0 Å². The zero-order valence-corrected chi connectivity index (χ0v) is 18.1. The molecule has 1 aromatic carbocycles. The SMILES string of the molecule is CC.CCCCCCCCOc1ccc(CNCCC(C)C(=O)O)cc1C. The number of hydrogen-bond acceptors (Lipinski definition) is 3. The number of nitrogens with one attached hydrogen (secondary N) is 1. The van der Waals surface area contributed by atoms with E-state index in [9.17, 15) is 4.79 Å². The highest BCUT2D eigenvalue weighted by molar-refractivity contribution is 5.69. The van der Waals surface area contributed by atoms with Crippen LogP contribution < -0.4 is 10.1 Å². The Kier molecular flexibility index (Phi) is 15.7. The molecule has 0 heterocycles. The molecule has 0 saturated carbocycles. The van der Waals surface area contributed by atoms with Crippen molar-refractivity contribution in [1.82, 2.24) is 5.32 Å². The van der Waals surface area contributed by atoms with Crippen LogP contribution in [-0.4, -0.2) is 24.2 Å². The van der Waals surface area contributed by atoms with Crippen molar-refractivity contribution >= 4 is 5.97 Å². The van der Waals surface area contributed by atoms with Gasteiger partial charge in [-0.25, -0.2) is 0 Å². The van der Waals surface area contributed by atoms with Gasteiger partial charge in [0, 0.05) is 6.54 Å². The largest absolute Gasteiger partial charge is 0.493 e. The van der Waals surface area contributed by atoms with Crippen molar-refractivity contribution in [1.29, 1.82) is 0 Å². The average molecular weight is 380 g/mol. The van der Waals surface area contributed by atoms with Crippen LogP contribution in [0.15, 0.2) is 18.2 Å². The van der Waals surface area contributed by atoms with Gasteiger partial charge in [0.2, 0.25) is 0 Å². The maximum absolute atomic E-state index is 10.8. The number of carboxylic acids is 1. The molecule has 0 saturated heterocycles. The fourth-order valence-corrected chi connectivity index (χ4v) is 2.72. The summed E-state index contributed by atoms with van der Waals surface area (Å²) in [6, 6.07) is 6.27. The number of carbonyl (C=O) groups is 1. The molecule has 4 nitrogen and oxygen atoms in total. The van der Waals surface area contributed by atoms with Crippen LogP contribution >= 0.6 is 0 Å². The molecule has 0 aliphatic rings. The first-order valence-corrected chi connectivity index (χ1v) is 10.7. The minimum atomic E-state index is -0.732. The van der Waals surface area contributed by atoms with Crippen LogP contribution in [0.1, 0.15) is 83.8 Å². The minimum Gasteiger partial charge on any atom is -0.493 e. The second-order valence-electron chi connectivity index (χ2n) is 6.92. The third-order valence-corrected chi connectivity index (χ3v) is 4.50. The lowest BCUT2D eigenvalue weighted by Crippen LogP contribution is -2.20. The molecule has 27 heavy (non-hydrogen) atoms. The first-order valence-electron chi connectivity index (χ1n) is 10.7. The number of aryl methyl sites for hydroxylation is 1. The fraction of sp³-hybridized carbons (Fsp3) is 0.696. The van der Waals surface area contributed by atoms with Crippen LogP contribution in [0, 0.1) is 12.8 Å². The fourth-order valence-electron chi connectivity index (χ4n) is 2.72. The van der Waals surface area contributed by atoms with Gasteiger partial charge < -0.3 is 15.2 Å². The third kappa shape index (κ3) is 12.5. The number of rotatable bonds is 14. The van der Waals surface area contributed by atoms with Gasteiger partial charge in [0.15, 0.2) is 0 Å². The predicted octanol–water partition coefficient (Wildman–Crippen LogP) is 5.96. The summed E-state index contributed by atoms with van der Waals surface area (Å²) in [5.41, 5.74) is 2.36. The van der Waals surface area contributed by atoms with Crippen molar-refractivity contribution in [2.75, 3.05) is 13.2 Å². The predicted molar refractivity (Wildman–Crippen MR) is 115 cm³/mol. The maximum atomic E-state index is 10.8. The van der Waals surface area contributed by atoms with Crippen LogP contribution in [0.4, 0.5) is 0 Å². The number of hydrogen-bond donors (Lipinski definition) is 2. The Bertz CT molecular complexity index is 502. The van der Waals surface area contributed by atoms with E-state index in [1.807, 2.05) is 19.9 Å². The quantitative estimate of drug-likeness (QED) is 0.391. The van der Waals surface area contributed by atoms with E-state index in [-0.39, 0.29) is 5.92 Å². The van der Waals surface area contributed by atoms with E-state index < -0.39 is 5.97 Å². The molecular formula is C23H41NO3. The Labute approximate surface area is 166 Å². The lowest BCUT2D eigenvalue weighted by Gasteiger charge is -2.12. The van der Waals surface area contributed by atoms with Gasteiger partial charge in [0.25, 0.3) is 0 Å². The summed E-state index contributed by atoms with van der Waals surface area (Å²) in [6.07, 6.45) is 8.28. The van der Waals surface area contributed by atoms with Gasteiger partial charge in [-0.1, -0.05) is 71.9 Å². The average Bonchev–Trinajstić information content (AvgIpc) is 2.67. The van der Waals surface area contributed by atoms with Crippen LogP contribution in [0.2, 0.25) is 0 Å². The normalized spacial score (nSPS) is 11.4. The monoisotopic (exact) mass is 379 g/mol. The summed E-state index contributed by atoms with van der Waals surface area (Å²) >= 11 is 0. The van der Waals surface area contributed by atoms with E-state index in [0.717, 1.165) is 30.9 Å². The Morgan fingerprint density at radius 1 is 1.15 bits per heavy atom. The molecule has 0 radical (unpaired) electrons. The van der Waals surface area contributed by atoms with Crippen molar-refractivity contribution in [2.45, 2.75) is 86.1 Å². The Balaban J connectivity index is 0.00000326. The molecular weight excluding hydrogens is 338 g/mol. The number of benzene rings is 1. The van der Waals surface area contributed by atoms with Gasteiger partial charge in [-0.2, -0.15) is 0 Å². The van der Waals surface area contributed by atoms with E-state index in [1.54, 1.807) is 6.92 Å². The molecule has 1 unspecified atom stereocenters. The summed E-state index contributed by atoms with van der Waals surface area (Å²) in [5, 5.41) is 12.2. The molecule has 2 N–H and O–H groups in total.